The normalized spacial score (nSPS) is 15.1. The molecule has 1 heterocycles. The Hall–Kier alpha value is -2.76. The molecule has 1 aromatic carbocycles. The summed E-state index contributed by atoms with van der Waals surface area (Å²) in [6.07, 6.45) is 1.11. The zero-order chi connectivity index (χ0) is 20.6. The Kier molecular flexibility index (Phi) is 5.24. The third-order valence-corrected chi connectivity index (χ3v) is 5.21. The highest BCUT2D eigenvalue weighted by Gasteiger charge is 2.37. The summed E-state index contributed by atoms with van der Waals surface area (Å²) in [5, 5.41) is 0. The number of fused-ring (bicyclic) bond motifs is 1. The van der Waals surface area contributed by atoms with Gasteiger partial charge in [-0.3, -0.25) is 9.59 Å². The maximum absolute atomic E-state index is 13.1. The smallest absolute Gasteiger partial charge is 0.289 e. The van der Waals surface area contributed by atoms with Crippen molar-refractivity contribution in [2.75, 3.05) is 21.3 Å². The number of Topliss-reactive ketones (excluding diaryl/α,β-unsaturated/α-hetero) is 1. The van der Waals surface area contributed by atoms with Gasteiger partial charge in [-0.1, -0.05) is 26.0 Å². The topological polar surface area (TPSA) is 69.0 Å². The van der Waals surface area contributed by atoms with Gasteiger partial charge in [-0.25, -0.2) is 0 Å². The maximum atomic E-state index is 13.1. The van der Waals surface area contributed by atoms with Crippen molar-refractivity contribution in [3.8, 4) is 11.5 Å². The second-order valence-electron chi connectivity index (χ2n) is 8.11. The van der Waals surface area contributed by atoms with Crippen LogP contribution in [0.1, 0.15) is 58.1 Å². The zero-order valence-corrected chi connectivity index (χ0v) is 17.3. The first kappa shape index (κ1) is 20.0. The molecule has 0 N–H and O–H groups in total. The van der Waals surface area contributed by atoms with E-state index in [1.807, 2.05) is 32.0 Å². The van der Waals surface area contributed by atoms with E-state index < -0.39 is 0 Å². The van der Waals surface area contributed by atoms with Gasteiger partial charge in [0.25, 0.3) is 5.91 Å². The highest BCUT2D eigenvalue weighted by molar-refractivity contribution is 6.03. The lowest BCUT2D eigenvalue weighted by atomic mass is 9.76. The van der Waals surface area contributed by atoms with Crippen LogP contribution in [-0.4, -0.2) is 37.9 Å². The molecule has 0 bridgehead atoms. The number of furan rings is 1. The van der Waals surface area contributed by atoms with Gasteiger partial charge in [-0.05, 0) is 18.4 Å². The van der Waals surface area contributed by atoms with Crippen molar-refractivity contribution in [3.05, 3.63) is 46.4 Å². The van der Waals surface area contributed by atoms with E-state index in [4.69, 9.17) is 13.9 Å². The van der Waals surface area contributed by atoms with Gasteiger partial charge in [0.2, 0.25) is 0 Å². The molecule has 3 rings (SSSR count). The zero-order valence-electron chi connectivity index (χ0n) is 17.3. The fourth-order valence-electron chi connectivity index (χ4n) is 3.87. The highest BCUT2D eigenvalue weighted by atomic mass is 16.5. The summed E-state index contributed by atoms with van der Waals surface area (Å²) in [7, 11) is 4.85. The Morgan fingerprint density at radius 1 is 1.21 bits per heavy atom. The molecule has 1 aliphatic rings. The van der Waals surface area contributed by atoms with Crippen LogP contribution in [0.4, 0.5) is 0 Å². The van der Waals surface area contributed by atoms with E-state index >= 15 is 0 Å². The molecule has 6 heteroatoms. The molecule has 6 nitrogen and oxygen atoms in total. The number of amides is 1. The average molecular weight is 385 g/mol. The molecule has 0 radical (unpaired) electrons. The van der Waals surface area contributed by atoms with E-state index in [1.165, 1.54) is 0 Å². The molecule has 1 amide bonds. The highest BCUT2D eigenvalue weighted by Crippen LogP contribution is 2.39. The van der Waals surface area contributed by atoms with Crippen LogP contribution in [0.25, 0.3) is 0 Å². The van der Waals surface area contributed by atoms with Gasteiger partial charge in [0.1, 0.15) is 5.76 Å². The van der Waals surface area contributed by atoms with Crippen LogP contribution >= 0.6 is 0 Å². The summed E-state index contributed by atoms with van der Waals surface area (Å²) in [6.45, 7) is 6.18. The number of hydrogen-bond donors (Lipinski definition) is 0. The number of ketones is 1. The van der Waals surface area contributed by atoms with Crippen LogP contribution < -0.4 is 9.47 Å². The van der Waals surface area contributed by atoms with Crippen molar-refractivity contribution < 1.29 is 23.5 Å². The average Bonchev–Trinajstić information content (AvgIpc) is 2.95. The standard InChI is InChI=1S/C22H27NO5/c1-13-18-15(24)10-22(2,3)11-17(18)28-19(13)21(25)23(4)12-14-8-7-9-16(26-5)20(14)27-6/h7-9H,10-12H2,1-6H3. The second kappa shape index (κ2) is 7.34. The Bertz CT molecular complexity index is 925. The van der Waals surface area contributed by atoms with E-state index in [0.29, 0.717) is 47.8 Å². The van der Waals surface area contributed by atoms with Gasteiger partial charge in [0.05, 0.1) is 19.8 Å². The van der Waals surface area contributed by atoms with Crippen molar-refractivity contribution in [1.82, 2.24) is 4.90 Å². The predicted molar refractivity (Wildman–Crippen MR) is 105 cm³/mol. The van der Waals surface area contributed by atoms with Crippen molar-refractivity contribution >= 4 is 11.7 Å². The lowest BCUT2D eigenvalue weighted by Gasteiger charge is -2.27. The van der Waals surface area contributed by atoms with Crippen molar-refractivity contribution in [2.24, 2.45) is 5.41 Å². The number of methoxy groups -OCH3 is 2. The predicted octanol–water partition coefficient (Wildman–Crippen LogP) is 4.03. The number of carbonyl (C=O) groups is 2. The first-order chi connectivity index (χ1) is 13.2. The summed E-state index contributed by atoms with van der Waals surface area (Å²) in [5.74, 6) is 1.84. The molecule has 0 fully saturated rings. The fraction of sp³-hybridized carbons (Fsp3) is 0.455. The monoisotopic (exact) mass is 385 g/mol. The van der Waals surface area contributed by atoms with E-state index in [-0.39, 0.29) is 22.9 Å². The Morgan fingerprint density at radius 2 is 1.93 bits per heavy atom. The molecule has 0 saturated heterocycles. The summed E-state index contributed by atoms with van der Waals surface area (Å²) in [4.78, 5) is 27.2. The van der Waals surface area contributed by atoms with Gasteiger partial charge in [-0.2, -0.15) is 0 Å². The van der Waals surface area contributed by atoms with Crippen molar-refractivity contribution in [2.45, 2.75) is 40.2 Å². The Balaban J connectivity index is 1.89. The third-order valence-electron chi connectivity index (χ3n) is 5.21. The molecule has 2 aromatic rings. The molecule has 0 unspecified atom stereocenters. The largest absolute Gasteiger partial charge is 0.493 e. The van der Waals surface area contributed by atoms with Crippen LogP contribution in [0, 0.1) is 12.3 Å². The third kappa shape index (κ3) is 3.51. The number of para-hydroxylation sites is 1. The quantitative estimate of drug-likeness (QED) is 0.777. The number of hydrogen-bond acceptors (Lipinski definition) is 5. The first-order valence-electron chi connectivity index (χ1n) is 9.29. The molecule has 1 aromatic heterocycles. The van der Waals surface area contributed by atoms with E-state index in [9.17, 15) is 9.59 Å². The molecular weight excluding hydrogens is 358 g/mol. The molecule has 0 atom stereocenters. The van der Waals surface area contributed by atoms with Gasteiger partial charge < -0.3 is 18.8 Å². The molecule has 0 aliphatic heterocycles. The fourth-order valence-corrected chi connectivity index (χ4v) is 3.87. The molecule has 150 valence electrons. The van der Waals surface area contributed by atoms with Crippen LogP contribution in [0.5, 0.6) is 11.5 Å². The van der Waals surface area contributed by atoms with Crippen LogP contribution in [0.3, 0.4) is 0 Å². The summed E-state index contributed by atoms with van der Waals surface area (Å²) < 4.78 is 16.7. The molecule has 0 saturated carbocycles. The Labute approximate surface area is 165 Å². The van der Waals surface area contributed by atoms with Gasteiger partial charge in [-0.15, -0.1) is 0 Å². The second-order valence-corrected chi connectivity index (χ2v) is 8.11. The summed E-state index contributed by atoms with van der Waals surface area (Å²) in [5.41, 5.74) is 1.87. The maximum Gasteiger partial charge on any atom is 0.289 e. The van der Waals surface area contributed by atoms with Crippen molar-refractivity contribution in [1.29, 1.82) is 0 Å². The molecule has 28 heavy (non-hydrogen) atoms. The minimum Gasteiger partial charge on any atom is -0.493 e. The summed E-state index contributed by atoms with van der Waals surface area (Å²) >= 11 is 0. The van der Waals surface area contributed by atoms with Crippen molar-refractivity contribution in [3.63, 3.8) is 0 Å². The van der Waals surface area contributed by atoms with E-state index in [1.54, 1.807) is 33.1 Å². The first-order valence-corrected chi connectivity index (χ1v) is 9.29. The minimum absolute atomic E-state index is 0.0451. The van der Waals surface area contributed by atoms with E-state index in [2.05, 4.69) is 0 Å². The number of ether oxygens (including phenoxy) is 2. The van der Waals surface area contributed by atoms with Crippen LogP contribution in [0.2, 0.25) is 0 Å². The van der Waals surface area contributed by atoms with Gasteiger partial charge in [0.15, 0.2) is 23.0 Å². The molecule has 1 aliphatic carbocycles. The lowest BCUT2D eigenvalue weighted by molar-refractivity contribution is 0.0745. The molecular formula is C22H27NO5. The minimum atomic E-state index is -0.262. The number of carbonyl (C=O) groups excluding carboxylic acids is 2. The molecule has 0 spiro atoms. The Morgan fingerprint density at radius 3 is 2.57 bits per heavy atom. The lowest BCUT2D eigenvalue weighted by Crippen LogP contribution is -2.27. The number of benzene rings is 1. The SMILES string of the molecule is COc1cccc(CN(C)C(=O)c2oc3c(c2C)C(=O)CC(C)(C)C3)c1OC. The number of nitrogens with zero attached hydrogens (tertiary/aromatic N) is 1. The van der Waals surface area contributed by atoms with Gasteiger partial charge in [0, 0.05) is 37.6 Å². The van der Waals surface area contributed by atoms with Crippen LogP contribution in [-0.2, 0) is 13.0 Å². The number of rotatable bonds is 5. The van der Waals surface area contributed by atoms with Gasteiger partial charge >= 0.3 is 0 Å². The van der Waals surface area contributed by atoms with E-state index in [0.717, 1.165) is 5.56 Å². The van der Waals surface area contributed by atoms with Crippen LogP contribution in [0.15, 0.2) is 22.6 Å². The summed E-state index contributed by atoms with van der Waals surface area (Å²) in [6, 6.07) is 5.55.